The highest BCUT2D eigenvalue weighted by atomic mass is 14.7. The van der Waals surface area contributed by atoms with Crippen molar-refractivity contribution in [3.05, 3.63) is 52.3 Å². The number of aryl methyl sites for hydroxylation is 1. The minimum atomic E-state index is 0.368. The molecule has 2 aromatic rings. The average Bonchev–Trinajstić information content (AvgIpc) is 2.56. The van der Waals surface area contributed by atoms with Crippen molar-refractivity contribution in [3.63, 3.8) is 0 Å². The fourth-order valence-corrected chi connectivity index (χ4v) is 3.44. The summed E-state index contributed by atoms with van der Waals surface area (Å²) >= 11 is 0. The highest BCUT2D eigenvalue weighted by Gasteiger charge is 2.21. The Labute approximate surface area is 158 Å². The number of rotatable bonds is 7. The molecule has 2 N–H and O–H groups in total. The minimum Gasteiger partial charge on any atom is -0.326 e. The molecule has 0 amide bonds. The van der Waals surface area contributed by atoms with Gasteiger partial charge in [0.05, 0.1) is 12.5 Å². The van der Waals surface area contributed by atoms with Crippen molar-refractivity contribution in [2.75, 3.05) is 0 Å². The molecule has 0 fully saturated rings. The van der Waals surface area contributed by atoms with E-state index in [1.54, 1.807) is 0 Å². The zero-order valence-corrected chi connectivity index (χ0v) is 16.8. The van der Waals surface area contributed by atoms with Crippen molar-refractivity contribution in [1.29, 1.82) is 5.26 Å². The number of nitriles is 1. The van der Waals surface area contributed by atoms with Gasteiger partial charge in [0.25, 0.3) is 0 Å². The lowest BCUT2D eigenvalue weighted by molar-refractivity contribution is 0.606. The molecule has 0 atom stereocenters. The summed E-state index contributed by atoms with van der Waals surface area (Å²) in [5.41, 5.74) is 14.0. The predicted molar refractivity (Wildman–Crippen MR) is 109 cm³/mol. The van der Waals surface area contributed by atoms with Crippen LogP contribution >= 0.6 is 0 Å². The van der Waals surface area contributed by atoms with Crippen LogP contribution in [-0.4, -0.2) is 4.98 Å². The van der Waals surface area contributed by atoms with Crippen molar-refractivity contribution < 1.29 is 0 Å². The molecule has 0 aliphatic carbocycles. The number of benzene rings is 1. The van der Waals surface area contributed by atoms with E-state index < -0.39 is 0 Å². The van der Waals surface area contributed by atoms with E-state index >= 15 is 0 Å². The summed E-state index contributed by atoms with van der Waals surface area (Å²) in [5.74, 6) is 0.994. The lowest BCUT2D eigenvalue weighted by Crippen LogP contribution is -2.15. The maximum Gasteiger partial charge on any atom is 0.0670 e. The fourth-order valence-electron chi connectivity index (χ4n) is 3.44. The third kappa shape index (κ3) is 4.71. The smallest absolute Gasteiger partial charge is 0.0670 e. The number of pyridine rings is 1. The summed E-state index contributed by atoms with van der Waals surface area (Å²) in [4.78, 5) is 5.02. The molecular weight excluding hydrogens is 318 g/mol. The van der Waals surface area contributed by atoms with Crippen molar-refractivity contribution in [2.45, 2.75) is 60.4 Å². The van der Waals surface area contributed by atoms with Crippen molar-refractivity contribution >= 4 is 0 Å². The molecule has 0 bridgehead atoms. The van der Waals surface area contributed by atoms with E-state index in [0.29, 0.717) is 24.8 Å². The Morgan fingerprint density at radius 2 is 1.50 bits per heavy atom. The lowest BCUT2D eigenvalue weighted by Gasteiger charge is -2.22. The summed E-state index contributed by atoms with van der Waals surface area (Å²) in [7, 11) is 0. The first kappa shape index (κ1) is 20.1. The van der Waals surface area contributed by atoms with Gasteiger partial charge in [-0.05, 0) is 53.9 Å². The van der Waals surface area contributed by atoms with Crippen molar-refractivity contribution in [2.24, 2.45) is 17.6 Å². The summed E-state index contributed by atoms with van der Waals surface area (Å²) in [5, 5.41) is 9.46. The first-order valence-corrected chi connectivity index (χ1v) is 9.54. The normalized spacial score (nSPS) is 11.2. The second-order valence-electron chi connectivity index (χ2n) is 7.94. The molecule has 26 heavy (non-hydrogen) atoms. The number of hydrogen-bond donors (Lipinski definition) is 1. The summed E-state index contributed by atoms with van der Waals surface area (Å²) in [6.45, 7) is 11.3. The van der Waals surface area contributed by atoms with Crippen LogP contribution in [0.15, 0.2) is 24.3 Å². The van der Waals surface area contributed by atoms with Crippen LogP contribution in [0.4, 0.5) is 0 Å². The molecule has 138 valence electrons. The van der Waals surface area contributed by atoms with Gasteiger partial charge in [-0.1, -0.05) is 57.5 Å². The Balaban J connectivity index is 2.81. The molecule has 3 heteroatoms. The van der Waals surface area contributed by atoms with Crippen molar-refractivity contribution in [3.8, 4) is 17.2 Å². The molecule has 1 heterocycles. The molecular formula is C23H31N3. The van der Waals surface area contributed by atoms with Gasteiger partial charge >= 0.3 is 0 Å². The van der Waals surface area contributed by atoms with E-state index in [1.165, 1.54) is 5.56 Å². The van der Waals surface area contributed by atoms with Crippen molar-refractivity contribution in [1.82, 2.24) is 4.98 Å². The largest absolute Gasteiger partial charge is 0.326 e. The van der Waals surface area contributed by atoms with Gasteiger partial charge in [0.2, 0.25) is 0 Å². The van der Waals surface area contributed by atoms with Crippen LogP contribution in [0.1, 0.15) is 55.8 Å². The van der Waals surface area contributed by atoms with Crippen LogP contribution in [0.3, 0.4) is 0 Å². The fraction of sp³-hybridized carbons (Fsp3) is 0.478. The second kappa shape index (κ2) is 8.96. The Kier molecular flexibility index (Phi) is 6.94. The van der Waals surface area contributed by atoms with E-state index in [4.69, 9.17) is 10.7 Å². The topological polar surface area (TPSA) is 62.7 Å². The van der Waals surface area contributed by atoms with Gasteiger partial charge in [-0.25, -0.2) is 0 Å². The van der Waals surface area contributed by atoms with Gasteiger partial charge in [0.1, 0.15) is 0 Å². The van der Waals surface area contributed by atoms with E-state index in [1.807, 2.05) is 0 Å². The third-order valence-electron chi connectivity index (χ3n) is 4.57. The molecule has 0 aliphatic heterocycles. The van der Waals surface area contributed by atoms with Gasteiger partial charge in [-0.3, -0.25) is 4.98 Å². The maximum absolute atomic E-state index is 9.46. The first-order chi connectivity index (χ1) is 12.4. The van der Waals surface area contributed by atoms with Crippen LogP contribution in [0, 0.1) is 30.1 Å². The Hall–Kier alpha value is -2.18. The molecule has 0 radical (unpaired) electrons. The van der Waals surface area contributed by atoms with Crippen LogP contribution < -0.4 is 5.73 Å². The summed E-state index contributed by atoms with van der Waals surface area (Å²) in [6.07, 6.45) is 2.16. The molecule has 0 spiro atoms. The zero-order valence-electron chi connectivity index (χ0n) is 16.8. The molecule has 0 unspecified atom stereocenters. The van der Waals surface area contributed by atoms with Crippen LogP contribution in [-0.2, 0) is 25.8 Å². The number of nitrogens with zero attached hydrogens (tertiary/aromatic N) is 2. The van der Waals surface area contributed by atoms with Gasteiger partial charge in [0.15, 0.2) is 0 Å². The molecule has 2 rings (SSSR count). The number of nitrogens with two attached hydrogens (primary N) is 1. The quantitative estimate of drug-likeness (QED) is 0.767. The van der Waals surface area contributed by atoms with Gasteiger partial charge in [0, 0.05) is 17.9 Å². The average molecular weight is 350 g/mol. The molecule has 1 aromatic carbocycles. The lowest BCUT2D eigenvalue weighted by atomic mass is 9.87. The predicted octanol–water partition coefficient (Wildman–Crippen LogP) is 4.98. The van der Waals surface area contributed by atoms with E-state index in [9.17, 15) is 5.26 Å². The summed E-state index contributed by atoms with van der Waals surface area (Å²) < 4.78 is 0. The van der Waals surface area contributed by atoms with E-state index in [0.717, 1.165) is 46.5 Å². The van der Waals surface area contributed by atoms with Gasteiger partial charge in [-0.15, -0.1) is 0 Å². The molecule has 0 saturated heterocycles. The maximum atomic E-state index is 9.46. The van der Waals surface area contributed by atoms with Crippen LogP contribution in [0.25, 0.3) is 11.1 Å². The monoisotopic (exact) mass is 349 g/mol. The zero-order chi connectivity index (χ0) is 19.3. The van der Waals surface area contributed by atoms with Gasteiger partial charge < -0.3 is 5.73 Å². The standard InChI is InChI=1S/C23H31N3/c1-15(2)12-21-19(10-11-24)23(18-8-6-17(5)7-9-18)20(14-25)22(26-21)13-16(3)4/h6-9,15-16H,10,12-14,25H2,1-5H3. The molecule has 0 aliphatic rings. The molecule has 0 saturated carbocycles. The Bertz CT molecular complexity index is 781. The van der Waals surface area contributed by atoms with Crippen LogP contribution in [0.2, 0.25) is 0 Å². The second-order valence-corrected chi connectivity index (χ2v) is 7.94. The molecule has 1 aromatic heterocycles. The van der Waals surface area contributed by atoms with E-state index in [-0.39, 0.29) is 0 Å². The Morgan fingerprint density at radius 1 is 0.962 bits per heavy atom. The van der Waals surface area contributed by atoms with E-state index in [2.05, 4.69) is 65.0 Å². The first-order valence-electron chi connectivity index (χ1n) is 9.54. The minimum absolute atomic E-state index is 0.368. The van der Waals surface area contributed by atoms with Crippen LogP contribution in [0.5, 0.6) is 0 Å². The number of aromatic nitrogens is 1. The number of hydrogen-bond acceptors (Lipinski definition) is 3. The molecule has 3 nitrogen and oxygen atoms in total. The third-order valence-corrected chi connectivity index (χ3v) is 4.57. The summed E-state index contributed by atoms with van der Waals surface area (Å²) in [6, 6.07) is 10.9. The SMILES string of the molecule is Cc1ccc(-c2c(CN)c(CC(C)C)nc(CC(C)C)c2CC#N)cc1. The Morgan fingerprint density at radius 3 is 1.96 bits per heavy atom. The highest BCUT2D eigenvalue weighted by molar-refractivity contribution is 5.73. The highest BCUT2D eigenvalue weighted by Crippen LogP contribution is 2.33. The van der Waals surface area contributed by atoms with Gasteiger partial charge in [-0.2, -0.15) is 5.26 Å².